The number of rotatable bonds is 5. The van der Waals surface area contributed by atoms with Crippen LogP contribution in [-0.2, 0) is 17.6 Å². The first-order chi connectivity index (χ1) is 12.3. The fraction of sp³-hybridized carbons (Fsp3) is 0.650. The first-order valence-corrected chi connectivity index (χ1v) is 11.3. The normalized spacial score (nSPS) is 17.2. The van der Waals surface area contributed by atoms with Crippen LogP contribution < -0.4 is 0 Å². The van der Waals surface area contributed by atoms with Gasteiger partial charge >= 0.3 is 0 Å². The highest BCUT2D eigenvalue weighted by molar-refractivity contribution is 8.00. The van der Waals surface area contributed by atoms with Crippen molar-refractivity contribution in [3.8, 4) is 0 Å². The van der Waals surface area contributed by atoms with E-state index in [-0.39, 0.29) is 18.0 Å². The Morgan fingerprint density at radius 2 is 1.96 bits per heavy atom. The van der Waals surface area contributed by atoms with Gasteiger partial charge in [-0.15, -0.1) is 11.3 Å². The highest BCUT2D eigenvalue weighted by Crippen LogP contribution is 2.40. The van der Waals surface area contributed by atoms with Crippen LogP contribution in [0.4, 0.5) is 0 Å². The minimum Gasteiger partial charge on any atom is -0.337 e. The molecule has 0 aliphatic heterocycles. The van der Waals surface area contributed by atoms with Gasteiger partial charge in [-0.3, -0.25) is 4.79 Å². The second kappa shape index (κ2) is 7.85. The molecule has 0 spiro atoms. The van der Waals surface area contributed by atoms with Crippen LogP contribution in [-0.4, -0.2) is 38.6 Å². The van der Waals surface area contributed by atoms with Crippen LogP contribution in [0.2, 0.25) is 0 Å². The number of nitrogens with zero attached hydrogens (tertiary/aromatic N) is 3. The molecule has 3 rings (SSSR count). The monoisotopic (exact) mass is 391 g/mol. The van der Waals surface area contributed by atoms with Gasteiger partial charge in [-0.25, -0.2) is 9.97 Å². The second-order valence-corrected chi connectivity index (χ2v) is 9.93. The van der Waals surface area contributed by atoms with E-state index in [1.165, 1.54) is 22.2 Å². The molecule has 1 aliphatic carbocycles. The Morgan fingerprint density at radius 3 is 2.62 bits per heavy atom. The molecular weight excluding hydrogens is 362 g/mol. The molecule has 1 aliphatic rings. The molecule has 26 heavy (non-hydrogen) atoms. The molecule has 0 saturated heterocycles. The lowest BCUT2D eigenvalue weighted by molar-refractivity contribution is -0.131. The van der Waals surface area contributed by atoms with Crippen molar-refractivity contribution in [3.05, 3.63) is 16.3 Å². The first-order valence-electron chi connectivity index (χ1n) is 9.50. The molecule has 0 N–H and O–H groups in total. The Labute approximate surface area is 164 Å². The molecule has 0 fully saturated rings. The average molecular weight is 392 g/mol. The Morgan fingerprint density at radius 1 is 1.27 bits per heavy atom. The van der Waals surface area contributed by atoms with E-state index in [9.17, 15) is 4.79 Å². The quantitative estimate of drug-likeness (QED) is 0.539. The Balaban J connectivity index is 1.89. The van der Waals surface area contributed by atoms with Gasteiger partial charge in [0.1, 0.15) is 15.7 Å². The fourth-order valence-electron chi connectivity index (χ4n) is 3.89. The zero-order valence-corrected chi connectivity index (χ0v) is 18.3. The zero-order valence-electron chi connectivity index (χ0n) is 16.6. The Bertz CT molecular complexity index is 805. The van der Waals surface area contributed by atoms with Gasteiger partial charge < -0.3 is 4.90 Å². The summed E-state index contributed by atoms with van der Waals surface area (Å²) in [5.41, 5.74) is 1.43. The standard InChI is InChI=1S/C20H29N3OS2/c1-11(2)23(12(3)4)17(24)10-25-19-18-15-8-7-13(5)9-16(15)26-20(18)22-14(6)21-19/h11-13H,7-10H2,1-6H3/t13-/m0/s1. The summed E-state index contributed by atoms with van der Waals surface area (Å²) in [7, 11) is 0. The van der Waals surface area contributed by atoms with E-state index in [0.29, 0.717) is 5.75 Å². The molecule has 0 bridgehead atoms. The van der Waals surface area contributed by atoms with Crippen molar-refractivity contribution < 1.29 is 4.79 Å². The predicted octanol–water partition coefficient (Wildman–Crippen LogP) is 4.86. The number of thiophene rings is 1. The largest absolute Gasteiger partial charge is 0.337 e. The van der Waals surface area contributed by atoms with E-state index in [1.807, 2.05) is 23.2 Å². The maximum absolute atomic E-state index is 12.8. The summed E-state index contributed by atoms with van der Waals surface area (Å²) in [6.45, 7) is 12.6. The van der Waals surface area contributed by atoms with Crippen LogP contribution >= 0.6 is 23.1 Å². The first kappa shape index (κ1) is 19.6. The number of thioether (sulfide) groups is 1. The van der Waals surface area contributed by atoms with Crippen molar-refractivity contribution >= 4 is 39.2 Å². The number of hydrogen-bond acceptors (Lipinski definition) is 5. The number of carbonyl (C=O) groups is 1. The van der Waals surface area contributed by atoms with Gasteiger partial charge in [0.2, 0.25) is 5.91 Å². The highest BCUT2D eigenvalue weighted by Gasteiger charge is 2.25. The molecule has 1 atom stereocenters. The van der Waals surface area contributed by atoms with E-state index >= 15 is 0 Å². The number of carbonyl (C=O) groups excluding carboxylic acids is 1. The fourth-order valence-corrected chi connectivity index (χ4v) is 6.35. The molecule has 2 aromatic rings. The van der Waals surface area contributed by atoms with E-state index in [4.69, 9.17) is 4.98 Å². The van der Waals surface area contributed by atoms with Gasteiger partial charge in [-0.2, -0.15) is 0 Å². The summed E-state index contributed by atoms with van der Waals surface area (Å²) in [6, 6.07) is 0.427. The van der Waals surface area contributed by atoms with Crippen molar-refractivity contribution in [3.63, 3.8) is 0 Å². The van der Waals surface area contributed by atoms with Crippen molar-refractivity contribution in [1.82, 2.24) is 14.9 Å². The highest BCUT2D eigenvalue weighted by atomic mass is 32.2. The van der Waals surface area contributed by atoms with Crippen molar-refractivity contribution in [2.75, 3.05) is 5.75 Å². The summed E-state index contributed by atoms with van der Waals surface area (Å²) in [5, 5.41) is 2.20. The van der Waals surface area contributed by atoms with Crippen molar-refractivity contribution in [2.24, 2.45) is 5.92 Å². The van der Waals surface area contributed by atoms with Crippen LogP contribution in [0.5, 0.6) is 0 Å². The van der Waals surface area contributed by atoms with Gasteiger partial charge in [0, 0.05) is 22.3 Å². The molecule has 0 saturated carbocycles. The minimum absolute atomic E-state index is 0.183. The molecule has 4 nitrogen and oxygen atoms in total. The Hall–Kier alpha value is -1.14. The summed E-state index contributed by atoms with van der Waals surface area (Å²) in [6.07, 6.45) is 3.48. The molecule has 1 amide bonds. The third-order valence-electron chi connectivity index (χ3n) is 4.97. The minimum atomic E-state index is 0.183. The zero-order chi connectivity index (χ0) is 19.0. The number of amides is 1. The lowest BCUT2D eigenvalue weighted by Crippen LogP contribution is -2.43. The SMILES string of the molecule is Cc1nc(SCC(=O)N(C(C)C)C(C)C)c2c3c(sc2n1)C[C@@H](C)CC3. The van der Waals surface area contributed by atoms with Gasteiger partial charge in [0.25, 0.3) is 0 Å². The lowest BCUT2D eigenvalue weighted by atomic mass is 9.89. The third-order valence-corrected chi connectivity index (χ3v) is 7.08. The topological polar surface area (TPSA) is 46.1 Å². The third kappa shape index (κ3) is 3.91. The predicted molar refractivity (Wildman–Crippen MR) is 111 cm³/mol. The van der Waals surface area contributed by atoms with Crippen LogP contribution in [0, 0.1) is 12.8 Å². The lowest BCUT2D eigenvalue weighted by Gasteiger charge is -2.30. The number of aryl methyl sites for hydroxylation is 2. The second-order valence-electron chi connectivity index (χ2n) is 7.89. The summed E-state index contributed by atoms with van der Waals surface area (Å²) in [4.78, 5) is 26.7. The van der Waals surface area contributed by atoms with Gasteiger partial charge in [0.05, 0.1) is 5.75 Å². The van der Waals surface area contributed by atoms with Crippen LogP contribution in [0.1, 0.15) is 57.3 Å². The van der Waals surface area contributed by atoms with Crippen LogP contribution in [0.3, 0.4) is 0 Å². The van der Waals surface area contributed by atoms with E-state index in [2.05, 4.69) is 39.6 Å². The van der Waals surface area contributed by atoms with Crippen LogP contribution in [0.15, 0.2) is 5.03 Å². The average Bonchev–Trinajstić information content (AvgIpc) is 2.88. The van der Waals surface area contributed by atoms with Gasteiger partial charge in [0.15, 0.2) is 0 Å². The Kier molecular flexibility index (Phi) is 5.92. The smallest absolute Gasteiger partial charge is 0.233 e. The number of hydrogen-bond donors (Lipinski definition) is 0. The van der Waals surface area contributed by atoms with E-state index < -0.39 is 0 Å². The molecule has 6 heteroatoms. The van der Waals surface area contributed by atoms with Crippen LogP contribution in [0.25, 0.3) is 10.2 Å². The van der Waals surface area contributed by atoms with Crippen molar-refractivity contribution in [2.45, 2.75) is 77.9 Å². The molecule has 2 aromatic heterocycles. The van der Waals surface area contributed by atoms with Gasteiger partial charge in [-0.05, 0) is 65.4 Å². The summed E-state index contributed by atoms with van der Waals surface area (Å²) >= 11 is 3.40. The molecule has 0 radical (unpaired) electrons. The molecule has 2 heterocycles. The van der Waals surface area contributed by atoms with E-state index in [1.54, 1.807) is 11.8 Å². The van der Waals surface area contributed by atoms with E-state index in [0.717, 1.165) is 34.4 Å². The molecule has 142 valence electrons. The van der Waals surface area contributed by atoms with Crippen molar-refractivity contribution in [1.29, 1.82) is 0 Å². The maximum atomic E-state index is 12.8. The summed E-state index contributed by atoms with van der Waals surface area (Å²) in [5.74, 6) is 2.15. The summed E-state index contributed by atoms with van der Waals surface area (Å²) < 4.78 is 0. The molecular formula is C20H29N3OS2. The molecule has 0 unspecified atom stereocenters. The number of aromatic nitrogens is 2. The van der Waals surface area contributed by atoms with Gasteiger partial charge in [-0.1, -0.05) is 18.7 Å². The number of fused-ring (bicyclic) bond motifs is 3. The molecule has 0 aromatic carbocycles. The maximum Gasteiger partial charge on any atom is 0.233 e.